The van der Waals surface area contributed by atoms with Crippen molar-refractivity contribution in [3.05, 3.63) is 0 Å². The fourth-order valence-corrected chi connectivity index (χ4v) is 6.29. The lowest BCUT2D eigenvalue weighted by Gasteiger charge is -2.22. The maximum atomic E-state index is 12.6. The summed E-state index contributed by atoms with van der Waals surface area (Å²) in [7, 11) is 0. The molecule has 2 N–H and O–H groups in total. The molecule has 0 bridgehead atoms. The van der Waals surface area contributed by atoms with Crippen LogP contribution in [0, 0.1) is 0 Å². The number of hydrogen-bond acceptors (Lipinski definition) is 8. The third kappa shape index (κ3) is 38.3. The van der Waals surface area contributed by atoms with Crippen LogP contribution in [-0.4, -0.2) is 82.2 Å². The number of hydrogen-bond donors (Lipinski definition) is 1. The van der Waals surface area contributed by atoms with E-state index in [0.717, 1.165) is 90.3 Å². The number of carbonyl (C=O) groups is 2. The molecule has 0 unspecified atom stereocenters. The van der Waals surface area contributed by atoms with Gasteiger partial charge in [-0.2, -0.15) is 0 Å². The topological polar surface area (TPSA) is 100 Å². The quantitative estimate of drug-likeness (QED) is 0.0490. The van der Waals surface area contributed by atoms with E-state index >= 15 is 0 Å². The molecule has 0 aliphatic carbocycles. The highest BCUT2D eigenvalue weighted by Crippen LogP contribution is 2.12. The number of unbranched alkanes of at least 4 members (excludes halogenated alkanes) is 20. The van der Waals surface area contributed by atoms with Crippen LogP contribution in [0.5, 0.6) is 0 Å². The lowest BCUT2D eigenvalue weighted by molar-refractivity contribution is -0.156. The summed E-state index contributed by atoms with van der Waals surface area (Å²) in [4.78, 5) is 27.3. The summed E-state index contributed by atoms with van der Waals surface area (Å²) in [6, 6.07) is 0. The molecule has 0 aromatic carbocycles. The highest BCUT2D eigenvalue weighted by atomic mass is 16.6. The molecular weight excluding hydrogens is 640 g/mol. The van der Waals surface area contributed by atoms with Crippen molar-refractivity contribution in [2.24, 2.45) is 5.73 Å². The van der Waals surface area contributed by atoms with E-state index in [-0.39, 0.29) is 18.0 Å². The van der Waals surface area contributed by atoms with Crippen LogP contribution in [0.3, 0.4) is 0 Å². The van der Waals surface area contributed by atoms with E-state index in [0.29, 0.717) is 52.4 Å². The van der Waals surface area contributed by atoms with Gasteiger partial charge in [0.05, 0.1) is 19.8 Å². The number of rotatable bonds is 42. The van der Waals surface area contributed by atoms with Gasteiger partial charge in [-0.25, -0.2) is 0 Å². The van der Waals surface area contributed by atoms with E-state index in [2.05, 4.69) is 25.7 Å². The molecule has 0 aliphatic heterocycles. The van der Waals surface area contributed by atoms with Crippen LogP contribution in [0.4, 0.5) is 0 Å². The van der Waals surface area contributed by atoms with Crippen molar-refractivity contribution in [2.45, 2.75) is 207 Å². The van der Waals surface area contributed by atoms with Crippen molar-refractivity contribution in [3.8, 4) is 0 Å². The molecule has 0 radical (unpaired) electrons. The molecule has 0 saturated heterocycles. The first-order valence-electron chi connectivity index (χ1n) is 22.0. The molecule has 304 valence electrons. The smallest absolute Gasteiger partial charge is 0.306 e. The number of ether oxygens (including phenoxy) is 4. The van der Waals surface area contributed by atoms with E-state index in [1.165, 1.54) is 96.3 Å². The Morgan fingerprint density at radius 1 is 0.471 bits per heavy atom. The minimum Gasteiger partial charge on any atom is -0.466 e. The SMILES string of the molecule is CCCCCCCCCCCOC(=O)CCCCCN(CCCN)CCCCCCCC(=O)OC(COCCCCCC)COCCCCCC. The molecule has 0 atom stereocenters. The van der Waals surface area contributed by atoms with Gasteiger partial charge in [0.25, 0.3) is 0 Å². The monoisotopic (exact) mass is 727 g/mol. The van der Waals surface area contributed by atoms with Crippen molar-refractivity contribution in [2.75, 3.05) is 59.2 Å². The van der Waals surface area contributed by atoms with Crippen LogP contribution in [0.15, 0.2) is 0 Å². The zero-order valence-corrected chi connectivity index (χ0v) is 34.2. The average Bonchev–Trinajstić information content (AvgIpc) is 3.13. The zero-order chi connectivity index (χ0) is 37.3. The van der Waals surface area contributed by atoms with Crippen molar-refractivity contribution in [1.82, 2.24) is 4.90 Å². The Balaban J connectivity index is 4.04. The Labute approximate surface area is 316 Å². The Morgan fingerprint density at radius 2 is 0.863 bits per heavy atom. The third-order valence-corrected chi connectivity index (χ3v) is 9.59. The summed E-state index contributed by atoms with van der Waals surface area (Å²) in [6.07, 6.45) is 30.9. The van der Waals surface area contributed by atoms with Crippen LogP contribution >= 0.6 is 0 Å². The summed E-state index contributed by atoms with van der Waals surface area (Å²) >= 11 is 0. The van der Waals surface area contributed by atoms with Crippen LogP contribution in [0.25, 0.3) is 0 Å². The van der Waals surface area contributed by atoms with Gasteiger partial charge in [0.2, 0.25) is 0 Å². The Hall–Kier alpha value is -1.22. The van der Waals surface area contributed by atoms with Crippen molar-refractivity contribution >= 4 is 11.9 Å². The molecule has 0 amide bonds. The normalized spacial score (nSPS) is 11.6. The summed E-state index contributed by atoms with van der Waals surface area (Å²) in [5, 5.41) is 0. The van der Waals surface area contributed by atoms with E-state index in [4.69, 9.17) is 24.7 Å². The van der Waals surface area contributed by atoms with Crippen LogP contribution in [-0.2, 0) is 28.5 Å². The van der Waals surface area contributed by atoms with Gasteiger partial charge < -0.3 is 29.6 Å². The van der Waals surface area contributed by atoms with E-state index in [1.54, 1.807) is 0 Å². The van der Waals surface area contributed by atoms with Gasteiger partial charge in [0.1, 0.15) is 6.10 Å². The summed E-state index contributed by atoms with van der Waals surface area (Å²) in [5.41, 5.74) is 5.81. The third-order valence-electron chi connectivity index (χ3n) is 9.59. The Kier molecular flexibility index (Phi) is 40.5. The molecule has 0 rings (SSSR count). The second-order valence-corrected chi connectivity index (χ2v) is 14.7. The molecule has 0 heterocycles. The minimum atomic E-state index is -0.322. The fraction of sp³-hybridized carbons (Fsp3) is 0.953. The first-order chi connectivity index (χ1) is 25.1. The molecule has 51 heavy (non-hydrogen) atoms. The lowest BCUT2D eigenvalue weighted by atomic mass is 10.1. The molecule has 0 aromatic rings. The van der Waals surface area contributed by atoms with Crippen molar-refractivity contribution in [3.63, 3.8) is 0 Å². The first kappa shape index (κ1) is 49.8. The number of esters is 2. The number of nitrogens with two attached hydrogens (primary N) is 1. The maximum Gasteiger partial charge on any atom is 0.306 e. The van der Waals surface area contributed by atoms with Crippen LogP contribution in [0.2, 0.25) is 0 Å². The molecule has 0 saturated carbocycles. The maximum absolute atomic E-state index is 12.6. The van der Waals surface area contributed by atoms with Gasteiger partial charge in [-0.3, -0.25) is 9.59 Å². The number of nitrogens with zero attached hydrogens (tertiary/aromatic N) is 1. The van der Waals surface area contributed by atoms with E-state index in [9.17, 15) is 9.59 Å². The van der Waals surface area contributed by atoms with Gasteiger partial charge in [-0.05, 0) is 77.5 Å². The Morgan fingerprint density at radius 3 is 1.39 bits per heavy atom. The molecule has 0 spiro atoms. The molecule has 8 nitrogen and oxygen atoms in total. The molecule has 0 aromatic heterocycles. The highest BCUT2D eigenvalue weighted by Gasteiger charge is 2.15. The van der Waals surface area contributed by atoms with Gasteiger partial charge in [0, 0.05) is 26.1 Å². The van der Waals surface area contributed by atoms with Crippen molar-refractivity contribution < 1.29 is 28.5 Å². The fourth-order valence-electron chi connectivity index (χ4n) is 6.29. The number of carbonyl (C=O) groups excluding carboxylic acids is 2. The van der Waals surface area contributed by atoms with Gasteiger partial charge in [-0.15, -0.1) is 0 Å². The summed E-state index contributed by atoms with van der Waals surface area (Å²) in [6.45, 7) is 13.4. The van der Waals surface area contributed by atoms with Crippen LogP contribution < -0.4 is 5.73 Å². The average molecular weight is 727 g/mol. The largest absolute Gasteiger partial charge is 0.466 e. The van der Waals surface area contributed by atoms with Crippen molar-refractivity contribution in [1.29, 1.82) is 0 Å². The lowest BCUT2D eigenvalue weighted by Crippen LogP contribution is -2.29. The minimum absolute atomic E-state index is 0.0352. The second kappa shape index (κ2) is 41.5. The molecular formula is C43H86N2O6. The van der Waals surface area contributed by atoms with Gasteiger partial charge in [0.15, 0.2) is 0 Å². The predicted octanol–water partition coefficient (Wildman–Crippen LogP) is 10.7. The summed E-state index contributed by atoms with van der Waals surface area (Å²) in [5.74, 6) is -0.170. The predicted molar refractivity (Wildman–Crippen MR) is 214 cm³/mol. The zero-order valence-electron chi connectivity index (χ0n) is 34.2. The van der Waals surface area contributed by atoms with Gasteiger partial charge in [-0.1, -0.05) is 136 Å². The second-order valence-electron chi connectivity index (χ2n) is 14.7. The molecule has 0 aliphatic rings. The first-order valence-corrected chi connectivity index (χ1v) is 22.0. The summed E-state index contributed by atoms with van der Waals surface area (Å²) < 4.78 is 22.9. The van der Waals surface area contributed by atoms with E-state index in [1.807, 2.05) is 0 Å². The Bertz CT molecular complexity index is 709. The van der Waals surface area contributed by atoms with E-state index < -0.39 is 0 Å². The molecule has 0 fully saturated rings. The van der Waals surface area contributed by atoms with Gasteiger partial charge >= 0.3 is 11.9 Å². The molecule has 8 heteroatoms. The highest BCUT2D eigenvalue weighted by molar-refractivity contribution is 5.69. The van der Waals surface area contributed by atoms with Crippen LogP contribution in [0.1, 0.15) is 201 Å². The standard InChI is InChI=1S/C43H86N2O6/c1-4-7-10-13-14-15-16-20-28-38-50-42(46)30-23-21-25-34-45(35-29-32-44)33-24-19-17-18-22-31-43(47)51-41(39-48-36-26-11-8-5-2)40-49-37-27-12-9-6-3/h41H,4-40,44H2,1-3H3.